The Labute approximate surface area is 176 Å². The molecule has 2 unspecified atom stereocenters. The van der Waals surface area contributed by atoms with Crippen molar-refractivity contribution in [3.05, 3.63) is 69.2 Å². The number of aliphatic hydroxyl groups excluding tert-OH is 1. The molecule has 0 aromatic heterocycles. The summed E-state index contributed by atoms with van der Waals surface area (Å²) in [5.41, 5.74) is 0.0732. The molecule has 2 aromatic rings. The number of hydrogen-bond donors (Lipinski definition) is 2. The number of rotatable bonds is 5. The second-order valence-electron chi connectivity index (χ2n) is 6.71. The van der Waals surface area contributed by atoms with E-state index in [-0.39, 0.29) is 22.7 Å². The zero-order valence-electron chi connectivity index (χ0n) is 15.2. The first-order valence-corrected chi connectivity index (χ1v) is 9.70. The summed E-state index contributed by atoms with van der Waals surface area (Å²) in [7, 11) is 0. The van der Waals surface area contributed by atoms with Crippen LogP contribution in [0.2, 0.25) is 10.0 Å². The maximum Gasteiger partial charge on any atom is 0.256 e. The van der Waals surface area contributed by atoms with Gasteiger partial charge in [-0.25, -0.2) is 8.78 Å². The van der Waals surface area contributed by atoms with Gasteiger partial charge in [0, 0.05) is 29.7 Å². The van der Waals surface area contributed by atoms with Crippen molar-refractivity contribution in [2.75, 3.05) is 13.1 Å². The van der Waals surface area contributed by atoms with Crippen LogP contribution >= 0.6 is 23.2 Å². The van der Waals surface area contributed by atoms with Crippen molar-refractivity contribution in [1.82, 2.24) is 10.2 Å². The smallest absolute Gasteiger partial charge is 0.256 e. The number of likely N-dealkylation sites (tertiary alicyclic amines) is 1. The van der Waals surface area contributed by atoms with Crippen LogP contribution in [0.25, 0.3) is 0 Å². The molecular weight excluding hydrogens is 425 g/mol. The third-order valence-electron chi connectivity index (χ3n) is 4.77. The van der Waals surface area contributed by atoms with E-state index in [1.54, 1.807) is 6.07 Å². The minimum absolute atomic E-state index is 0.128. The summed E-state index contributed by atoms with van der Waals surface area (Å²) >= 11 is 12.0. The first-order chi connectivity index (χ1) is 13.8. The Morgan fingerprint density at radius 3 is 2.69 bits per heavy atom. The summed E-state index contributed by atoms with van der Waals surface area (Å²) in [6.45, 7) is 0.0900. The first kappa shape index (κ1) is 21.5. The zero-order valence-corrected chi connectivity index (χ0v) is 16.7. The number of carbonyl (C=O) groups excluding carboxylic acids is 2. The summed E-state index contributed by atoms with van der Waals surface area (Å²) in [6.07, 6.45) is -0.291. The molecule has 1 saturated heterocycles. The van der Waals surface area contributed by atoms with Gasteiger partial charge < -0.3 is 15.3 Å². The molecule has 0 saturated carbocycles. The Hall–Kier alpha value is -2.22. The van der Waals surface area contributed by atoms with Crippen LogP contribution in [0.15, 0.2) is 36.4 Å². The number of nitrogens with one attached hydrogen (secondary N) is 1. The molecule has 5 nitrogen and oxygen atoms in total. The summed E-state index contributed by atoms with van der Waals surface area (Å²) in [4.78, 5) is 26.8. The van der Waals surface area contributed by atoms with Crippen LogP contribution in [0.3, 0.4) is 0 Å². The van der Waals surface area contributed by atoms with Gasteiger partial charge >= 0.3 is 0 Å². The molecule has 0 radical (unpaired) electrons. The number of amides is 2. The van der Waals surface area contributed by atoms with Crippen molar-refractivity contribution in [2.45, 2.75) is 25.0 Å². The lowest BCUT2D eigenvalue weighted by molar-refractivity contribution is -0.125. The van der Waals surface area contributed by atoms with Crippen molar-refractivity contribution >= 4 is 35.0 Å². The van der Waals surface area contributed by atoms with Gasteiger partial charge in [-0.3, -0.25) is 9.59 Å². The number of hydrogen-bond acceptors (Lipinski definition) is 3. The molecule has 0 aliphatic carbocycles. The van der Waals surface area contributed by atoms with E-state index >= 15 is 0 Å². The van der Waals surface area contributed by atoms with E-state index in [9.17, 15) is 23.5 Å². The predicted octanol–water partition coefficient (Wildman–Crippen LogP) is 3.73. The first-order valence-electron chi connectivity index (χ1n) is 8.94. The van der Waals surface area contributed by atoms with Crippen molar-refractivity contribution in [3.8, 4) is 0 Å². The van der Waals surface area contributed by atoms with Crippen molar-refractivity contribution in [3.63, 3.8) is 0 Å². The van der Waals surface area contributed by atoms with E-state index in [0.29, 0.717) is 30.5 Å². The van der Waals surface area contributed by atoms with Crippen LogP contribution < -0.4 is 5.32 Å². The van der Waals surface area contributed by atoms with E-state index < -0.39 is 35.6 Å². The molecule has 2 aromatic carbocycles. The number of benzene rings is 2. The molecular formula is C20H18Cl2F2N2O3. The van der Waals surface area contributed by atoms with Crippen LogP contribution in [0.5, 0.6) is 0 Å². The lowest BCUT2D eigenvalue weighted by atomic mass is 10.1. The second kappa shape index (κ2) is 9.07. The normalized spacial score (nSPS) is 17.3. The SMILES string of the molecule is O=C(NCC(O)c1ccc(F)cc1F)C1CCCN1C(=O)c1cc(Cl)ccc1Cl. The molecule has 154 valence electrons. The summed E-state index contributed by atoms with van der Waals surface area (Å²) in [6, 6.07) is 6.57. The molecule has 0 bridgehead atoms. The number of aliphatic hydroxyl groups is 1. The minimum atomic E-state index is -1.35. The molecule has 0 spiro atoms. The highest BCUT2D eigenvalue weighted by molar-refractivity contribution is 6.35. The minimum Gasteiger partial charge on any atom is -0.386 e. The number of carbonyl (C=O) groups is 2. The average Bonchev–Trinajstić information content (AvgIpc) is 3.17. The fourth-order valence-corrected chi connectivity index (χ4v) is 3.67. The maximum atomic E-state index is 13.8. The van der Waals surface area contributed by atoms with Crippen LogP contribution in [-0.4, -0.2) is 41.0 Å². The molecule has 2 amide bonds. The van der Waals surface area contributed by atoms with Crippen molar-refractivity contribution in [1.29, 1.82) is 0 Å². The molecule has 3 rings (SSSR count). The van der Waals surface area contributed by atoms with E-state index in [1.807, 2.05) is 0 Å². The number of halogens is 4. The van der Waals surface area contributed by atoms with Gasteiger partial charge in [0.25, 0.3) is 5.91 Å². The molecule has 1 aliphatic heterocycles. The topological polar surface area (TPSA) is 69.6 Å². The molecule has 2 N–H and O–H groups in total. The van der Waals surface area contributed by atoms with Gasteiger partial charge in [-0.2, -0.15) is 0 Å². The van der Waals surface area contributed by atoms with Gasteiger partial charge in [0.05, 0.1) is 16.7 Å². The lowest BCUT2D eigenvalue weighted by Gasteiger charge is -2.25. The van der Waals surface area contributed by atoms with Crippen LogP contribution in [0.4, 0.5) is 8.78 Å². The second-order valence-corrected chi connectivity index (χ2v) is 7.55. The van der Waals surface area contributed by atoms with Gasteiger partial charge in [-0.05, 0) is 37.1 Å². The maximum absolute atomic E-state index is 13.8. The third-order valence-corrected chi connectivity index (χ3v) is 5.33. The summed E-state index contributed by atoms with van der Waals surface area (Å²) in [5.74, 6) is -2.56. The quantitative estimate of drug-likeness (QED) is 0.740. The number of nitrogens with zero attached hydrogens (tertiary/aromatic N) is 1. The summed E-state index contributed by atoms with van der Waals surface area (Å²) < 4.78 is 26.8. The molecule has 1 aliphatic rings. The highest BCUT2D eigenvalue weighted by Gasteiger charge is 2.35. The van der Waals surface area contributed by atoms with Gasteiger partial charge in [0.1, 0.15) is 17.7 Å². The predicted molar refractivity (Wildman–Crippen MR) is 105 cm³/mol. The van der Waals surface area contributed by atoms with Gasteiger partial charge in [-0.15, -0.1) is 0 Å². The molecule has 2 atom stereocenters. The Morgan fingerprint density at radius 2 is 1.97 bits per heavy atom. The monoisotopic (exact) mass is 442 g/mol. The van der Waals surface area contributed by atoms with E-state index in [1.165, 1.54) is 17.0 Å². The zero-order chi connectivity index (χ0) is 21.1. The van der Waals surface area contributed by atoms with Gasteiger partial charge in [0.15, 0.2) is 0 Å². The molecule has 1 heterocycles. The Bertz CT molecular complexity index is 942. The Morgan fingerprint density at radius 1 is 1.21 bits per heavy atom. The molecule has 1 fully saturated rings. The Kier molecular flexibility index (Phi) is 6.72. The van der Waals surface area contributed by atoms with E-state index in [0.717, 1.165) is 12.1 Å². The lowest BCUT2D eigenvalue weighted by Crippen LogP contribution is -2.46. The molecule has 29 heavy (non-hydrogen) atoms. The van der Waals surface area contributed by atoms with Crippen LogP contribution in [-0.2, 0) is 4.79 Å². The van der Waals surface area contributed by atoms with Crippen LogP contribution in [0, 0.1) is 11.6 Å². The average molecular weight is 443 g/mol. The van der Waals surface area contributed by atoms with E-state index in [4.69, 9.17) is 23.2 Å². The van der Waals surface area contributed by atoms with Gasteiger partial charge in [-0.1, -0.05) is 29.3 Å². The Balaban J connectivity index is 1.67. The fourth-order valence-electron chi connectivity index (χ4n) is 3.30. The highest BCUT2D eigenvalue weighted by atomic mass is 35.5. The fraction of sp³-hybridized carbons (Fsp3) is 0.300. The van der Waals surface area contributed by atoms with Crippen molar-refractivity contribution in [2.24, 2.45) is 0 Å². The highest BCUT2D eigenvalue weighted by Crippen LogP contribution is 2.26. The van der Waals surface area contributed by atoms with Crippen molar-refractivity contribution < 1.29 is 23.5 Å². The van der Waals surface area contributed by atoms with E-state index in [2.05, 4.69) is 5.32 Å². The molecule has 9 heteroatoms. The summed E-state index contributed by atoms with van der Waals surface area (Å²) in [5, 5.41) is 13.2. The third kappa shape index (κ3) is 4.86. The standard InChI is InChI=1S/C20H18Cl2F2N2O3/c21-11-3-6-15(22)14(8-11)20(29)26-7-1-2-17(26)19(28)25-10-18(27)13-5-4-12(23)9-16(13)24/h3-6,8-9,17-18,27H,1-2,7,10H2,(H,25,28). The van der Waals surface area contributed by atoms with Gasteiger partial charge in [0.2, 0.25) is 5.91 Å². The van der Waals surface area contributed by atoms with Crippen LogP contribution in [0.1, 0.15) is 34.9 Å². The largest absolute Gasteiger partial charge is 0.386 e.